The molecule has 2 aromatic heterocycles. The normalized spacial score (nSPS) is 11.0. The van der Waals surface area contributed by atoms with Crippen LogP contribution in [-0.2, 0) is 0 Å². The summed E-state index contributed by atoms with van der Waals surface area (Å²) in [6.07, 6.45) is 4.63. The Kier molecular flexibility index (Phi) is 5.64. The Hall–Kier alpha value is -2.48. The second kappa shape index (κ2) is 7.68. The zero-order valence-electron chi connectivity index (χ0n) is 14.0. The van der Waals surface area contributed by atoms with E-state index in [9.17, 15) is 4.79 Å². The summed E-state index contributed by atoms with van der Waals surface area (Å²) in [6, 6.07) is 3.51. The number of urea groups is 1. The van der Waals surface area contributed by atoms with Gasteiger partial charge in [-0.2, -0.15) is 5.10 Å². The maximum absolute atomic E-state index is 12.6. The first-order valence-corrected chi connectivity index (χ1v) is 7.51. The zero-order valence-corrected chi connectivity index (χ0v) is 14.0. The van der Waals surface area contributed by atoms with E-state index in [1.54, 1.807) is 29.6 Å². The van der Waals surface area contributed by atoms with Crippen LogP contribution < -0.4 is 5.32 Å². The highest BCUT2D eigenvalue weighted by Gasteiger charge is 2.19. The van der Waals surface area contributed by atoms with Gasteiger partial charge >= 0.3 is 6.03 Å². The van der Waals surface area contributed by atoms with Crippen LogP contribution in [0, 0.1) is 0 Å². The molecular formula is C15H23N7O. The Bertz CT molecular complexity index is 625. The van der Waals surface area contributed by atoms with Gasteiger partial charge in [-0.1, -0.05) is 0 Å². The number of hydrogen-bond acceptors (Lipinski definition) is 5. The van der Waals surface area contributed by atoms with Gasteiger partial charge in [0.05, 0.1) is 5.69 Å². The van der Waals surface area contributed by atoms with E-state index in [1.165, 1.54) is 11.0 Å². The highest BCUT2D eigenvalue weighted by Crippen LogP contribution is 2.16. The van der Waals surface area contributed by atoms with E-state index in [1.807, 2.05) is 32.8 Å². The van der Waals surface area contributed by atoms with Crippen molar-refractivity contribution in [3.63, 3.8) is 0 Å². The fourth-order valence-corrected chi connectivity index (χ4v) is 2.08. The van der Waals surface area contributed by atoms with E-state index < -0.39 is 0 Å². The summed E-state index contributed by atoms with van der Waals surface area (Å²) in [7, 11) is 3.97. The summed E-state index contributed by atoms with van der Waals surface area (Å²) in [5.74, 6) is 0.537. The van der Waals surface area contributed by atoms with Crippen molar-refractivity contribution < 1.29 is 4.79 Å². The molecule has 1 N–H and O–H groups in total. The van der Waals surface area contributed by atoms with Crippen molar-refractivity contribution in [1.82, 2.24) is 29.5 Å². The van der Waals surface area contributed by atoms with Crippen molar-refractivity contribution in [2.75, 3.05) is 32.5 Å². The first-order valence-electron chi connectivity index (χ1n) is 7.51. The highest BCUT2D eigenvalue weighted by molar-refractivity contribution is 5.91. The Morgan fingerprint density at radius 1 is 1.35 bits per heavy atom. The molecule has 0 saturated heterocycles. The third-order valence-corrected chi connectivity index (χ3v) is 3.34. The fourth-order valence-electron chi connectivity index (χ4n) is 2.08. The van der Waals surface area contributed by atoms with E-state index in [2.05, 4.69) is 20.4 Å². The van der Waals surface area contributed by atoms with Gasteiger partial charge < -0.3 is 15.1 Å². The number of carbonyl (C=O) groups is 1. The monoisotopic (exact) mass is 317 g/mol. The Morgan fingerprint density at radius 2 is 2.13 bits per heavy atom. The molecule has 0 saturated carbocycles. The summed E-state index contributed by atoms with van der Waals surface area (Å²) >= 11 is 0. The number of anilines is 1. The summed E-state index contributed by atoms with van der Waals surface area (Å²) in [5.41, 5.74) is 0.596. The van der Waals surface area contributed by atoms with E-state index in [0.717, 1.165) is 6.54 Å². The van der Waals surface area contributed by atoms with Crippen molar-refractivity contribution in [3.8, 4) is 5.82 Å². The van der Waals surface area contributed by atoms with E-state index in [0.29, 0.717) is 18.1 Å². The largest absolute Gasteiger partial charge is 0.322 e. The molecule has 23 heavy (non-hydrogen) atoms. The van der Waals surface area contributed by atoms with Crippen LogP contribution >= 0.6 is 0 Å². The van der Waals surface area contributed by atoms with Crippen LogP contribution in [-0.4, -0.2) is 68.8 Å². The predicted molar refractivity (Wildman–Crippen MR) is 88.6 cm³/mol. The molecule has 8 nitrogen and oxygen atoms in total. The lowest BCUT2D eigenvalue weighted by molar-refractivity contribution is 0.189. The Balaban J connectivity index is 2.16. The van der Waals surface area contributed by atoms with Gasteiger partial charge in [0.25, 0.3) is 0 Å². The van der Waals surface area contributed by atoms with E-state index in [-0.39, 0.29) is 12.1 Å². The summed E-state index contributed by atoms with van der Waals surface area (Å²) in [6.45, 7) is 5.44. The first kappa shape index (κ1) is 16.9. The third-order valence-electron chi connectivity index (χ3n) is 3.34. The lowest BCUT2D eigenvalue weighted by Gasteiger charge is -2.28. The lowest BCUT2D eigenvalue weighted by atomic mass is 10.3. The minimum absolute atomic E-state index is 0.0986. The third kappa shape index (κ3) is 4.49. The number of nitrogens with one attached hydrogen (secondary N) is 1. The van der Waals surface area contributed by atoms with Gasteiger partial charge in [-0.3, -0.25) is 0 Å². The molecule has 0 bridgehead atoms. The second-order valence-electron chi connectivity index (χ2n) is 5.74. The predicted octanol–water partition coefficient (Wildman–Crippen LogP) is 1.47. The molecule has 2 heterocycles. The maximum Gasteiger partial charge on any atom is 0.322 e. The molecule has 0 aliphatic heterocycles. The molecule has 8 heteroatoms. The van der Waals surface area contributed by atoms with Crippen molar-refractivity contribution in [2.24, 2.45) is 0 Å². The van der Waals surface area contributed by atoms with Crippen LogP contribution in [0.1, 0.15) is 13.8 Å². The SMILES string of the molecule is CC(C)N(CCN(C)C)C(=O)Nc1cccnc1-n1cncn1. The van der Waals surface area contributed by atoms with E-state index >= 15 is 0 Å². The molecular weight excluding hydrogens is 294 g/mol. The van der Waals surface area contributed by atoms with Gasteiger partial charge in [-0.25, -0.2) is 19.4 Å². The average molecular weight is 317 g/mol. The fraction of sp³-hybridized carbons (Fsp3) is 0.467. The van der Waals surface area contributed by atoms with Crippen LogP contribution in [0.3, 0.4) is 0 Å². The van der Waals surface area contributed by atoms with Gasteiger partial charge in [0.2, 0.25) is 0 Å². The molecule has 0 atom stereocenters. The molecule has 0 aliphatic carbocycles. The molecule has 2 rings (SSSR count). The standard InChI is InChI=1S/C15H23N7O/c1-12(2)21(9-8-20(3)4)15(23)19-13-6-5-7-17-14(13)22-11-16-10-18-22/h5-7,10-12H,8-9H2,1-4H3,(H,19,23). The Morgan fingerprint density at radius 3 is 2.74 bits per heavy atom. The summed E-state index contributed by atoms with van der Waals surface area (Å²) in [5, 5.41) is 6.99. The number of pyridine rings is 1. The molecule has 0 unspecified atom stereocenters. The van der Waals surface area contributed by atoms with Gasteiger partial charge in [-0.15, -0.1) is 0 Å². The van der Waals surface area contributed by atoms with Crippen molar-refractivity contribution in [1.29, 1.82) is 0 Å². The van der Waals surface area contributed by atoms with Crippen LogP contribution in [0.2, 0.25) is 0 Å². The zero-order chi connectivity index (χ0) is 16.8. The first-order chi connectivity index (χ1) is 11.0. The molecule has 124 valence electrons. The number of nitrogens with zero attached hydrogens (tertiary/aromatic N) is 6. The maximum atomic E-state index is 12.6. The van der Waals surface area contributed by atoms with Crippen LogP contribution in [0.15, 0.2) is 31.0 Å². The van der Waals surface area contributed by atoms with Crippen LogP contribution in [0.4, 0.5) is 10.5 Å². The van der Waals surface area contributed by atoms with Gasteiger partial charge in [0.1, 0.15) is 12.7 Å². The van der Waals surface area contributed by atoms with Gasteiger partial charge in [0.15, 0.2) is 5.82 Å². The molecule has 0 aliphatic rings. The highest BCUT2D eigenvalue weighted by atomic mass is 16.2. The Labute approximate surface area is 136 Å². The van der Waals surface area contributed by atoms with Crippen LogP contribution in [0.25, 0.3) is 5.82 Å². The molecule has 0 radical (unpaired) electrons. The minimum Gasteiger partial charge on any atom is -0.321 e. The smallest absolute Gasteiger partial charge is 0.321 e. The number of amides is 2. The molecule has 0 fully saturated rings. The molecule has 2 aromatic rings. The van der Waals surface area contributed by atoms with Crippen molar-refractivity contribution >= 4 is 11.7 Å². The number of rotatable bonds is 6. The molecule has 2 amide bonds. The van der Waals surface area contributed by atoms with Crippen molar-refractivity contribution in [2.45, 2.75) is 19.9 Å². The summed E-state index contributed by atoms with van der Waals surface area (Å²) < 4.78 is 1.52. The quantitative estimate of drug-likeness (QED) is 0.872. The summed E-state index contributed by atoms with van der Waals surface area (Å²) in [4.78, 5) is 24.6. The van der Waals surface area contributed by atoms with Crippen molar-refractivity contribution in [3.05, 3.63) is 31.0 Å². The van der Waals surface area contributed by atoms with Crippen LogP contribution in [0.5, 0.6) is 0 Å². The topological polar surface area (TPSA) is 79.2 Å². The number of carbonyl (C=O) groups excluding carboxylic acids is 1. The number of likely N-dealkylation sites (N-methyl/N-ethyl adjacent to an activating group) is 1. The number of hydrogen-bond donors (Lipinski definition) is 1. The van der Waals surface area contributed by atoms with Gasteiger partial charge in [0, 0.05) is 25.3 Å². The minimum atomic E-state index is -0.156. The second-order valence-corrected chi connectivity index (χ2v) is 5.74. The molecule has 0 spiro atoms. The lowest BCUT2D eigenvalue weighted by Crippen LogP contribution is -2.43. The average Bonchev–Trinajstić information content (AvgIpc) is 3.01. The van der Waals surface area contributed by atoms with Gasteiger partial charge in [-0.05, 0) is 40.1 Å². The van der Waals surface area contributed by atoms with E-state index in [4.69, 9.17) is 0 Å². The number of aromatic nitrogens is 4. The molecule has 0 aromatic carbocycles.